The Morgan fingerprint density at radius 2 is 2.10 bits per heavy atom. The highest BCUT2D eigenvalue weighted by Crippen LogP contribution is 2.14. The molecule has 1 aromatic carbocycles. The maximum Gasteiger partial charge on any atom is 0.337 e. The first-order chi connectivity index (χ1) is 9.58. The molecular formula is C16H19NO3. The first-order valence-electron chi connectivity index (χ1n) is 6.48. The van der Waals surface area contributed by atoms with Crippen LogP contribution in [0.15, 0.2) is 41.0 Å². The summed E-state index contributed by atoms with van der Waals surface area (Å²) in [4.78, 5) is 13.7. The fourth-order valence-electron chi connectivity index (χ4n) is 2.23. The quantitative estimate of drug-likeness (QED) is 0.785. The number of nitrogens with zero attached hydrogens (tertiary/aromatic N) is 1. The summed E-state index contributed by atoms with van der Waals surface area (Å²) in [5, 5.41) is 0. The number of aryl methyl sites for hydroxylation is 1. The number of hydrogen-bond acceptors (Lipinski definition) is 4. The van der Waals surface area contributed by atoms with Gasteiger partial charge in [-0.3, -0.25) is 4.90 Å². The van der Waals surface area contributed by atoms with Crippen LogP contribution in [0.5, 0.6) is 0 Å². The van der Waals surface area contributed by atoms with Crippen LogP contribution in [0, 0.1) is 6.92 Å². The third-order valence-corrected chi connectivity index (χ3v) is 3.02. The van der Waals surface area contributed by atoms with Gasteiger partial charge in [-0.25, -0.2) is 4.79 Å². The van der Waals surface area contributed by atoms with Crippen LogP contribution in [0.4, 0.5) is 0 Å². The number of furan rings is 1. The predicted octanol–water partition coefficient (Wildman–Crippen LogP) is 3.01. The minimum Gasteiger partial charge on any atom is -0.468 e. The Hall–Kier alpha value is -2.07. The number of ether oxygens (including phenoxy) is 1. The Kier molecular flexibility index (Phi) is 4.58. The minimum absolute atomic E-state index is 0.302. The number of methoxy groups -OCH3 is 1. The monoisotopic (exact) mass is 273 g/mol. The molecule has 0 atom stereocenters. The third-order valence-electron chi connectivity index (χ3n) is 3.02. The van der Waals surface area contributed by atoms with Gasteiger partial charge in [0.2, 0.25) is 0 Å². The van der Waals surface area contributed by atoms with Gasteiger partial charge in [0.1, 0.15) is 5.76 Å². The SMILES string of the molecule is COC(=O)c1cc(C)cc(CN(C)Cc2ccco2)c1. The molecule has 106 valence electrons. The van der Waals surface area contributed by atoms with Crippen molar-refractivity contribution in [1.29, 1.82) is 0 Å². The molecule has 4 heteroatoms. The van der Waals surface area contributed by atoms with Crippen LogP contribution in [0.25, 0.3) is 0 Å². The average molecular weight is 273 g/mol. The third kappa shape index (κ3) is 3.71. The Morgan fingerprint density at radius 1 is 1.30 bits per heavy atom. The molecule has 0 unspecified atom stereocenters. The molecule has 0 fully saturated rings. The van der Waals surface area contributed by atoms with Crippen LogP contribution in [-0.4, -0.2) is 25.0 Å². The summed E-state index contributed by atoms with van der Waals surface area (Å²) in [6.45, 7) is 3.45. The number of hydrogen-bond donors (Lipinski definition) is 0. The van der Waals surface area contributed by atoms with E-state index in [1.807, 2.05) is 38.2 Å². The van der Waals surface area contributed by atoms with Crippen molar-refractivity contribution in [3.05, 3.63) is 59.0 Å². The molecule has 0 aliphatic heterocycles. The number of esters is 1. The Labute approximate surface area is 119 Å². The van der Waals surface area contributed by atoms with Crippen LogP contribution in [0.3, 0.4) is 0 Å². The second-order valence-electron chi connectivity index (χ2n) is 4.95. The van der Waals surface area contributed by atoms with Gasteiger partial charge in [-0.2, -0.15) is 0 Å². The molecule has 0 aliphatic carbocycles. The molecule has 0 saturated heterocycles. The van der Waals surface area contributed by atoms with Gasteiger partial charge >= 0.3 is 5.97 Å². The van der Waals surface area contributed by atoms with E-state index in [0.717, 1.165) is 30.0 Å². The van der Waals surface area contributed by atoms with Crippen molar-refractivity contribution >= 4 is 5.97 Å². The van der Waals surface area contributed by atoms with Gasteiger partial charge in [0.15, 0.2) is 0 Å². The highest BCUT2D eigenvalue weighted by Gasteiger charge is 2.09. The molecule has 0 aliphatic rings. The summed E-state index contributed by atoms with van der Waals surface area (Å²) in [5.74, 6) is 0.622. The molecule has 0 N–H and O–H groups in total. The van der Waals surface area contributed by atoms with Crippen molar-refractivity contribution in [2.45, 2.75) is 20.0 Å². The number of carbonyl (C=O) groups is 1. The van der Waals surface area contributed by atoms with Gasteiger partial charge < -0.3 is 9.15 Å². The van der Waals surface area contributed by atoms with E-state index in [1.54, 1.807) is 6.26 Å². The lowest BCUT2D eigenvalue weighted by atomic mass is 10.1. The van der Waals surface area contributed by atoms with Crippen molar-refractivity contribution in [3.8, 4) is 0 Å². The smallest absolute Gasteiger partial charge is 0.337 e. The maximum atomic E-state index is 11.6. The van der Waals surface area contributed by atoms with Gasteiger partial charge in [-0.05, 0) is 49.4 Å². The van der Waals surface area contributed by atoms with Crippen LogP contribution in [0.2, 0.25) is 0 Å². The summed E-state index contributed by atoms with van der Waals surface area (Å²) >= 11 is 0. The normalized spacial score (nSPS) is 10.8. The molecular weight excluding hydrogens is 254 g/mol. The lowest BCUT2D eigenvalue weighted by Gasteiger charge is -2.16. The molecule has 1 heterocycles. The van der Waals surface area contributed by atoms with Crippen molar-refractivity contribution in [2.75, 3.05) is 14.2 Å². The number of carbonyl (C=O) groups excluding carboxylic acids is 1. The molecule has 0 radical (unpaired) electrons. The van der Waals surface area contributed by atoms with Crippen molar-refractivity contribution in [1.82, 2.24) is 4.90 Å². The Morgan fingerprint density at radius 3 is 2.75 bits per heavy atom. The highest BCUT2D eigenvalue weighted by atomic mass is 16.5. The van der Waals surface area contributed by atoms with Crippen molar-refractivity contribution in [2.24, 2.45) is 0 Å². The van der Waals surface area contributed by atoms with E-state index in [2.05, 4.69) is 11.0 Å². The van der Waals surface area contributed by atoms with E-state index in [0.29, 0.717) is 5.56 Å². The Bertz CT molecular complexity index is 575. The second kappa shape index (κ2) is 6.39. The van der Waals surface area contributed by atoms with E-state index < -0.39 is 0 Å². The molecule has 1 aromatic heterocycles. The van der Waals surface area contributed by atoms with E-state index in [9.17, 15) is 4.79 Å². The number of rotatable bonds is 5. The van der Waals surface area contributed by atoms with Gasteiger partial charge in [0, 0.05) is 6.54 Å². The lowest BCUT2D eigenvalue weighted by molar-refractivity contribution is 0.0600. The summed E-state index contributed by atoms with van der Waals surface area (Å²) in [6, 6.07) is 9.61. The summed E-state index contributed by atoms with van der Waals surface area (Å²) < 4.78 is 10.1. The van der Waals surface area contributed by atoms with E-state index >= 15 is 0 Å². The topological polar surface area (TPSA) is 42.7 Å². The van der Waals surface area contributed by atoms with Crippen molar-refractivity contribution in [3.63, 3.8) is 0 Å². The molecule has 2 aromatic rings. The fraction of sp³-hybridized carbons (Fsp3) is 0.312. The standard InChI is InChI=1S/C16H19NO3/c1-12-7-13(9-14(8-12)16(18)19-3)10-17(2)11-15-5-4-6-20-15/h4-9H,10-11H2,1-3H3. The minimum atomic E-state index is -0.302. The zero-order chi connectivity index (χ0) is 14.5. The Balaban J connectivity index is 2.08. The molecule has 2 rings (SSSR count). The van der Waals surface area contributed by atoms with Crippen LogP contribution < -0.4 is 0 Å². The number of benzene rings is 1. The first-order valence-corrected chi connectivity index (χ1v) is 6.48. The molecule has 4 nitrogen and oxygen atoms in total. The predicted molar refractivity (Wildman–Crippen MR) is 76.4 cm³/mol. The van der Waals surface area contributed by atoms with Gasteiger partial charge in [-0.15, -0.1) is 0 Å². The summed E-state index contributed by atoms with van der Waals surface area (Å²) in [5.41, 5.74) is 2.72. The summed E-state index contributed by atoms with van der Waals surface area (Å²) in [6.07, 6.45) is 1.67. The van der Waals surface area contributed by atoms with Gasteiger partial charge in [0.25, 0.3) is 0 Å². The largest absolute Gasteiger partial charge is 0.468 e. The zero-order valence-electron chi connectivity index (χ0n) is 12.1. The molecule has 0 spiro atoms. The van der Waals surface area contributed by atoms with E-state index in [4.69, 9.17) is 9.15 Å². The second-order valence-corrected chi connectivity index (χ2v) is 4.95. The van der Waals surface area contributed by atoms with Gasteiger partial charge in [-0.1, -0.05) is 6.07 Å². The molecule has 0 amide bonds. The maximum absolute atomic E-state index is 11.6. The van der Waals surface area contributed by atoms with Crippen LogP contribution in [0.1, 0.15) is 27.2 Å². The average Bonchev–Trinajstić information content (AvgIpc) is 2.89. The lowest BCUT2D eigenvalue weighted by Crippen LogP contribution is -2.17. The van der Waals surface area contributed by atoms with E-state index in [-0.39, 0.29) is 5.97 Å². The molecule has 20 heavy (non-hydrogen) atoms. The molecule has 0 bridgehead atoms. The van der Waals surface area contributed by atoms with E-state index in [1.165, 1.54) is 7.11 Å². The van der Waals surface area contributed by atoms with Gasteiger partial charge in [0.05, 0.1) is 25.5 Å². The highest BCUT2D eigenvalue weighted by molar-refractivity contribution is 5.89. The summed E-state index contributed by atoms with van der Waals surface area (Å²) in [7, 11) is 3.41. The molecule has 0 saturated carbocycles. The van der Waals surface area contributed by atoms with Crippen molar-refractivity contribution < 1.29 is 13.9 Å². The fourth-order valence-corrected chi connectivity index (χ4v) is 2.23. The first kappa shape index (κ1) is 14.3. The van der Waals surface area contributed by atoms with Crippen LogP contribution in [-0.2, 0) is 17.8 Å². The zero-order valence-corrected chi connectivity index (χ0v) is 12.1. The van der Waals surface area contributed by atoms with Crippen LogP contribution >= 0.6 is 0 Å².